The van der Waals surface area contributed by atoms with Crippen LogP contribution in [0.2, 0.25) is 0 Å². The van der Waals surface area contributed by atoms with Gasteiger partial charge in [-0.3, -0.25) is 0 Å². The molecule has 2 aromatic rings. The molecule has 0 aliphatic carbocycles. The minimum absolute atomic E-state index is 0. The molecule has 22 heavy (non-hydrogen) atoms. The Kier molecular flexibility index (Phi) is 7.42. The molecule has 0 heterocycles. The molecule has 1 N–H and O–H groups in total. The number of anilines is 1. The minimum atomic E-state index is -0.288. The van der Waals surface area contributed by atoms with Crippen LogP contribution >= 0.6 is 28.3 Å². The number of rotatable bonds is 5. The van der Waals surface area contributed by atoms with E-state index < -0.39 is 0 Å². The van der Waals surface area contributed by atoms with Gasteiger partial charge in [-0.2, -0.15) is 0 Å². The summed E-state index contributed by atoms with van der Waals surface area (Å²) in [5, 5.41) is 3.41. The zero-order chi connectivity index (χ0) is 15.2. The average molecular weight is 385 g/mol. The summed E-state index contributed by atoms with van der Waals surface area (Å²) in [6.45, 7) is 4.29. The van der Waals surface area contributed by atoms with Crippen LogP contribution in [0.3, 0.4) is 0 Å². The maximum absolute atomic E-state index is 11.6. The van der Waals surface area contributed by atoms with Crippen molar-refractivity contribution in [1.29, 1.82) is 0 Å². The van der Waals surface area contributed by atoms with Crippen molar-refractivity contribution in [3.63, 3.8) is 0 Å². The number of benzene rings is 2. The number of esters is 1. The van der Waals surface area contributed by atoms with Crippen molar-refractivity contribution in [3.05, 3.63) is 64.1 Å². The summed E-state index contributed by atoms with van der Waals surface area (Å²) in [6.07, 6.45) is 0. The van der Waals surface area contributed by atoms with Gasteiger partial charge in [-0.1, -0.05) is 28.1 Å². The number of ether oxygens (including phenoxy) is 1. The van der Waals surface area contributed by atoms with Gasteiger partial charge in [0.15, 0.2) is 0 Å². The lowest BCUT2D eigenvalue weighted by Crippen LogP contribution is -2.08. The van der Waals surface area contributed by atoms with Gasteiger partial charge in [-0.15, -0.1) is 12.4 Å². The molecule has 0 spiro atoms. The van der Waals surface area contributed by atoms with Gasteiger partial charge < -0.3 is 10.1 Å². The first-order valence-electron chi connectivity index (χ1n) is 6.89. The van der Waals surface area contributed by atoms with E-state index in [-0.39, 0.29) is 24.4 Å². The minimum Gasteiger partial charge on any atom is -0.462 e. The van der Waals surface area contributed by atoms with Crippen LogP contribution in [0.1, 0.15) is 35.8 Å². The third-order valence-corrected chi connectivity index (χ3v) is 3.62. The van der Waals surface area contributed by atoms with Gasteiger partial charge in [-0.25, -0.2) is 4.79 Å². The van der Waals surface area contributed by atoms with Crippen molar-refractivity contribution in [2.24, 2.45) is 0 Å². The monoisotopic (exact) mass is 383 g/mol. The lowest BCUT2D eigenvalue weighted by molar-refractivity contribution is 0.0526. The Hall–Kier alpha value is -1.52. The molecule has 0 aliphatic rings. The van der Waals surface area contributed by atoms with E-state index in [9.17, 15) is 4.79 Å². The third-order valence-electron chi connectivity index (χ3n) is 3.13. The van der Waals surface area contributed by atoms with Crippen molar-refractivity contribution < 1.29 is 9.53 Å². The summed E-state index contributed by atoms with van der Waals surface area (Å²) in [4.78, 5) is 11.6. The highest BCUT2D eigenvalue weighted by Crippen LogP contribution is 2.22. The SMILES string of the molecule is CCOC(=O)c1ccc(NC(C)c2cccc(Br)c2)cc1.Cl. The number of carbonyl (C=O) groups excluding carboxylic acids is 1. The maximum atomic E-state index is 11.6. The zero-order valence-electron chi connectivity index (χ0n) is 12.5. The second-order valence-corrected chi connectivity index (χ2v) is 5.63. The Bertz CT molecular complexity index is 616. The fourth-order valence-electron chi connectivity index (χ4n) is 2.03. The Morgan fingerprint density at radius 3 is 2.50 bits per heavy atom. The highest BCUT2D eigenvalue weighted by molar-refractivity contribution is 9.10. The van der Waals surface area contributed by atoms with Crippen molar-refractivity contribution in [1.82, 2.24) is 0 Å². The van der Waals surface area contributed by atoms with Crippen molar-refractivity contribution >= 4 is 40.0 Å². The molecule has 2 rings (SSSR count). The second kappa shape index (κ2) is 8.81. The number of hydrogen-bond acceptors (Lipinski definition) is 3. The fourth-order valence-corrected chi connectivity index (χ4v) is 2.44. The van der Waals surface area contributed by atoms with E-state index in [4.69, 9.17) is 4.74 Å². The molecule has 118 valence electrons. The largest absolute Gasteiger partial charge is 0.462 e. The lowest BCUT2D eigenvalue weighted by Gasteiger charge is -2.16. The van der Waals surface area contributed by atoms with E-state index in [0.29, 0.717) is 12.2 Å². The van der Waals surface area contributed by atoms with Crippen molar-refractivity contribution in [2.75, 3.05) is 11.9 Å². The number of nitrogens with one attached hydrogen (secondary N) is 1. The Labute approximate surface area is 145 Å². The summed E-state index contributed by atoms with van der Waals surface area (Å²) in [6, 6.07) is 15.7. The highest BCUT2D eigenvalue weighted by atomic mass is 79.9. The molecule has 2 aromatic carbocycles. The van der Waals surface area contributed by atoms with E-state index in [0.717, 1.165) is 10.2 Å². The molecule has 1 atom stereocenters. The maximum Gasteiger partial charge on any atom is 0.338 e. The van der Waals surface area contributed by atoms with Crippen LogP contribution in [0, 0.1) is 0 Å². The summed E-state index contributed by atoms with van der Waals surface area (Å²) in [7, 11) is 0. The van der Waals surface area contributed by atoms with Gasteiger partial charge in [0.05, 0.1) is 12.2 Å². The van der Waals surface area contributed by atoms with Gasteiger partial charge in [0.25, 0.3) is 0 Å². The molecular weight excluding hydrogens is 366 g/mol. The van der Waals surface area contributed by atoms with Gasteiger partial charge in [0, 0.05) is 16.2 Å². The second-order valence-electron chi connectivity index (χ2n) is 4.72. The van der Waals surface area contributed by atoms with Gasteiger partial charge in [0.2, 0.25) is 0 Å². The van der Waals surface area contributed by atoms with E-state index in [1.54, 1.807) is 19.1 Å². The summed E-state index contributed by atoms with van der Waals surface area (Å²) in [5.41, 5.74) is 2.73. The number of halogens is 2. The van der Waals surface area contributed by atoms with E-state index in [1.807, 2.05) is 24.3 Å². The topological polar surface area (TPSA) is 38.3 Å². The molecule has 0 amide bonds. The standard InChI is InChI=1S/C17H18BrNO2.ClH/c1-3-21-17(20)13-7-9-16(10-8-13)19-12(2)14-5-4-6-15(18)11-14;/h4-12,19H,3H2,1-2H3;1H. The van der Waals surface area contributed by atoms with Crippen LogP contribution in [0.5, 0.6) is 0 Å². The van der Waals surface area contributed by atoms with Crippen LogP contribution in [-0.2, 0) is 4.74 Å². The Morgan fingerprint density at radius 1 is 1.23 bits per heavy atom. The van der Waals surface area contributed by atoms with Crippen LogP contribution in [0.4, 0.5) is 5.69 Å². The van der Waals surface area contributed by atoms with Crippen LogP contribution in [0.15, 0.2) is 53.0 Å². The summed E-state index contributed by atoms with van der Waals surface area (Å²) in [5.74, 6) is -0.288. The van der Waals surface area contributed by atoms with Gasteiger partial charge in [0.1, 0.15) is 0 Å². The fraction of sp³-hybridized carbons (Fsp3) is 0.235. The average Bonchev–Trinajstić information content (AvgIpc) is 2.48. The lowest BCUT2D eigenvalue weighted by atomic mass is 10.1. The predicted molar refractivity (Wildman–Crippen MR) is 95.8 cm³/mol. The number of carbonyl (C=O) groups is 1. The molecule has 0 aliphatic heterocycles. The van der Waals surface area contributed by atoms with Crippen LogP contribution in [0.25, 0.3) is 0 Å². The highest BCUT2D eigenvalue weighted by Gasteiger charge is 2.08. The molecule has 0 radical (unpaired) electrons. The third kappa shape index (κ3) is 5.04. The Morgan fingerprint density at radius 2 is 1.91 bits per heavy atom. The first kappa shape index (κ1) is 18.5. The predicted octanol–water partition coefficient (Wildman–Crippen LogP) is 5.22. The normalized spacial score (nSPS) is 11.2. The molecule has 3 nitrogen and oxygen atoms in total. The zero-order valence-corrected chi connectivity index (χ0v) is 14.9. The first-order valence-corrected chi connectivity index (χ1v) is 7.68. The number of hydrogen-bond donors (Lipinski definition) is 1. The quantitative estimate of drug-likeness (QED) is 0.718. The van der Waals surface area contributed by atoms with Crippen molar-refractivity contribution in [3.8, 4) is 0 Å². The van der Waals surface area contributed by atoms with Crippen molar-refractivity contribution in [2.45, 2.75) is 19.9 Å². The molecule has 5 heteroatoms. The first-order chi connectivity index (χ1) is 10.1. The molecule has 0 bridgehead atoms. The molecule has 0 saturated heterocycles. The van der Waals surface area contributed by atoms with E-state index in [1.165, 1.54) is 5.56 Å². The molecule has 0 saturated carbocycles. The van der Waals surface area contributed by atoms with Crippen LogP contribution < -0.4 is 5.32 Å². The van der Waals surface area contributed by atoms with E-state index in [2.05, 4.69) is 40.3 Å². The molecule has 0 fully saturated rings. The molecule has 0 aromatic heterocycles. The van der Waals surface area contributed by atoms with E-state index >= 15 is 0 Å². The smallest absolute Gasteiger partial charge is 0.338 e. The summed E-state index contributed by atoms with van der Waals surface area (Å²) >= 11 is 3.48. The molecule has 1 unspecified atom stereocenters. The Balaban J connectivity index is 0.00000242. The summed E-state index contributed by atoms with van der Waals surface area (Å²) < 4.78 is 6.03. The van der Waals surface area contributed by atoms with Gasteiger partial charge in [-0.05, 0) is 55.8 Å². The van der Waals surface area contributed by atoms with Gasteiger partial charge >= 0.3 is 5.97 Å². The molecular formula is C17H19BrClNO2. The van der Waals surface area contributed by atoms with Crippen LogP contribution in [-0.4, -0.2) is 12.6 Å².